The van der Waals surface area contributed by atoms with Crippen molar-refractivity contribution in [2.75, 3.05) is 26.1 Å². The molecular weight excluding hydrogens is 254 g/mol. The second-order valence-corrected chi connectivity index (χ2v) is 5.59. The molecule has 1 aromatic rings. The first-order valence-corrected chi connectivity index (χ1v) is 7.24. The summed E-state index contributed by atoms with van der Waals surface area (Å²) in [6.07, 6.45) is 2.37. The molecule has 0 radical (unpaired) electrons. The molecule has 1 aliphatic rings. The minimum Gasteiger partial charge on any atom is -0.497 e. The average molecular weight is 279 g/mol. The lowest BCUT2D eigenvalue weighted by Gasteiger charge is -2.33. The van der Waals surface area contributed by atoms with Crippen LogP contribution in [-0.4, -0.2) is 33.0 Å². The fourth-order valence-corrected chi connectivity index (χ4v) is 2.57. The van der Waals surface area contributed by atoms with Gasteiger partial charge in [-0.25, -0.2) is 0 Å². The molecule has 20 heavy (non-hydrogen) atoms. The maximum absolute atomic E-state index is 5.81. The molecule has 0 bridgehead atoms. The fraction of sp³-hybridized carbons (Fsp3) is 0.625. The number of hydrogen-bond acceptors (Lipinski definition) is 4. The van der Waals surface area contributed by atoms with E-state index >= 15 is 0 Å². The molecule has 0 amide bonds. The minimum absolute atomic E-state index is 0.331. The smallest absolute Gasteiger partial charge is 0.142 e. The number of rotatable bonds is 5. The molecule has 1 heterocycles. The molecule has 1 saturated heterocycles. The van der Waals surface area contributed by atoms with E-state index in [4.69, 9.17) is 14.2 Å². The Balaban J connectivity index is 2.08. The van der Waals surface area contributed by atoms with Crippen molar-refractivity contribution in [1.82, 2.24) is 0 Å². The summed E-state index contributed by atoms with van der Waals surface area (Å²) in [5.74, 6) is 2.23. The summed E-state index contributed by atoms with van der Waals surface area (Å²) in [6, 6.07) is 6.24. The van der Waals surface area contributed by atoms with E-state index in [0.29, 0.717) is 18.1 Å². The molecule has 4 nitrogen and oxygen atoms in total. The van der Waals surface area contributed by atoms with E-state index in [1.807, 2.05) is 18.2 Å². The molecule has 2 rings (SSSR count). The monoisotopic (exact) mass is 279 g/mol. The third kappa shape index (κ3) is 3.57. The van der Waals surface area contributed by atoms with Crippen molar-refractivity contribution in [2.45, 2.75) is 38.8 Å². The van der Waals surface area contributed by atoms with Gasteiger partial charge in [-0.05, 0) is 30.9 Å². The second-order valence-electron chi connectivity index (χ2n) is 5.59. The Morgan fingerprint density at radius 3 is 2.70 bits per heavy atom. The average Bonchev–Trinajstić information content (AvgIpc) is 2.47. The molecule has 2 atom stereocenters. The van der Waals surface area contributed by atoms with Crippen LogP contribution in [0.1, 0.15) is 26.7 Å². The van der Waals surface area contributed by atoms with Crippen LogP contribution in [0.3, 0.4) is 0 Å². The summed E-state index contributed by atoms with van der Waals surface area (Å²) >= 11 is 0. The highest BCUT2D eigenvalue weighted by Gasteiger charge is 2.25. The van der Waals surface area contributed by atoms with E-state index in [-0.39, 0.29) is 0 Å². The number of ether oxygens (including phenoxy) is 3. The lowest BCUT2D eigenvalue weighted by molar-refractivity contribution is -0.0161. The Bertz CT molecular complexity index is 434. The van der Waals surface area contributed by atoms with Crippen LogP contribution in [0.15, 0.2) is 18.2 Å². The van der Waals surface area contributed by atoms with Gasteiger partial charge in [0.15, 0.2) is 0 Å². The van der Waals surface area contributed by atoms with Crippen molar-refractivity contribution in [3.8, 4) is 11.5 Å². The van der Waals surface area contributed by atoms with E-state index in [1.54, 1.807) is 14.2 Å². The van der Waals surface area contributed by atoms with E-state index in [1.165, 1.54) is 0 Å². The Kier molecular flexibility index (Phi) is 5.12. The van der Waals surface area contributed by atoms with Gasteiger partial charge in [0.25, 0.3) is 0 Å². The largest absolute Gasteiger partial charge is 0.497 e. The molecule has 2 unspecified atom stereocenters. The van der Waals surface area contributed by atoms with Crippen molar-refractivity contribution in [3.05, 3.63) is 18.2 Å². The Morgan fingerprint density at radius 1 is 1.25 bits per heavy atom. The van der Waals surface area contributed by atoms with Gasteiger partial charge < -0.3 is 19.5 Å². The highest BCUT2D eigenvalue weighted by Crippen LogP contribution is 2.31. The predicted octanol–water partition coefficient (Wildman–Crippen LogP) is 3.32. The van der Waals surface area contributed by atoms with Crippen LogP contribution in [0.4, 0.5) is 5.69 Å². The van der Waals surface area contributed by atoms with Crippen molar-refractivity contribution >= 4 is 5.69 Å². The first-order valence-electron chi connectivity index (χ1n) is 7.24. The van der Waals surface area contributed by atoms with E-state index in [0.717, 1.165) is 36.6 Å². The van der Waals surface area contributed by atoms with Gasteiger partial charge in [-0.2, -0.15) is 0 Å². The first-order chi connectivity index (χ1) is 9.63. The van der Waals surface area contributed by atoms with Gasteiger partial charge in [0, 0.05) is 18.7 Å². The Hall–Kier alpha value is -1.42. The molecular formula is C16H25NO3. The lowest BCUT2D eigenvalue weighted by atomic mass is 9.95. The van der Waals surface area contributed by atoms with Gasteiger partial charge >= 0.3 is 0 Å². The molecule has 0 aromatic heterocycles. The third-order valence-corrected chi connectivity index (χ3v) is 3.82. The predicted molar refractivity (Wildman–Crippen MR) is 80.8 cm³/mol. The lowest BCUT2D eigenvalue weighted by Crippen LogP contribution is -2.36. The van der Waals surface area contributed by atoms with Gasteiger partial charge in [0.2, 0.25) is 0 Å². The topological polar surface area (TPSA) is 39.7 Å². The molecule has 0 aliphatic carbocycles. The quantitative estimate of drug-likeness (QED) is 0.897. The van der Waals surface area contributed by atoms with Crippen LogP contribution in [0.2, 0.25) is 0 Å². The minimum atomic E-state index is 0.331. The fourth-order valence-electron chi connectivity index (χ4n) is 2.57. The highest BCUT2D eigenvalue weighted by atomic mass is 16.5. The van der Waals surface area contributed by atoms with Gasteiger partial charge in [-0.15, -0.1) is 0 Å². The Morgan fingerprint density at radius 2 is 2.05 bits per heavy atom. The number of nitrogens with one attached hydrogen (secondary N) is 1. The molecule has 1 N–H and O–H groups in total. The van der Waals surface area contributed by atoms with Gasteiger partial charge in [0.1, 0.15) is 11.5 Å². The molecule has 0 spiro atoms. The van der Waals surface area contributed by atoms with Crippen molar-refractivity contribution in [1.29, 1.82) is 0 Å². The van der Waals surface area contributed by atoms with Crippen LogP contribution < -0.4 is 14.8 Å². The second kappa shape index (κ2) is 6.84. The molecule has 0 saturated carbocycles. The van der Waals surface area contributed by atoms with Crippen LogP contribution in [0.5, 0.6) is 11.5 Å². The zero-order chi connectivity index (χ0) is 14.5. The summed E-state index contributed by atoms with van der Waals surface area (Å²) in [6.45, 7) is 5.23. The number of anilines is 1. The normalized spacial score (nSPS) is 22.6. The maximum atomic E-state index is 5.81. The summed E-state index contributed by atoms with van der Waals surface area (Å²) in [7, 11) is 3.36. The number of benzene rings is 1. The summed E-state index contributed by atoms with van der Waals surface area (Å²) in [5.41, 5.74) is 0.987. The van der Waals surface area contributed by atoms with Crippen LogP contribution in [-0.2, 0) is 4.74 Å². The Labute approximate surface area is 121 Å². The third-order valence-electron chi connectivity index (χ3n) is 3.82. The van der Waals surface area contributed by atoms with Gasteiger partial charge in [-0.3, -0.25) is 0 Å². The van der Waals surface area contributed by atoms with Crippen LogP contribution >= 0.6 is 0 Å². The summed E-state index contributed by atoms with van der Waals surface area (Å²) in [5, 5.41) is 3.57. The van der Waals surface area contributed by atoms with Crippen molar-refractivity contribution < 1.29 is 14.2 Å². The standard InChI is InChI=1S/C16H25NO3/c1-11(2)16-9-12(7-8-20-16)17-14-10-13(18-3)5-6-15(14)19-4/h5-6,10-12,16-17H,7-9H2,1-4H3. The maximum Gasteiger partial charge on any atom is 0.142 e. The number of methoxy groups -OCH3 is 2. The molecule has 1 aliphatic heterocycles. The summed E-state index contributed by atoms with van der Waals surface area (Å²) in [4.78, 5) is 0. The van der Waals surface area contributed by atoms with Gasteiger partial charge in [-0.1, -0.05) is 13.8 Å². The van der Waals surface area contributed by atoms with Crippen LogP contribution in [0, 0.1) is 5.92 Å². The summed E-state index contributed by atoms with van der Waals surface area (Å²) < 4.78 is 16.5. The molecule has 4 heteroatoms. The van der Waals surface area contributed by atoms with Crippen molar-refractivity contribution in [2.24, 2.45) is 5.92 Å². The van der Waals surface area contributed by atoms with Crippen LogP contribution in [0.25, 0.3) is 0 Å². The van der Waals surface area contributed by atoms with Crippen molar-refractivity contribution in [3.63, 3.8) is 0 Å². The van der Waals surface area contributed by atoms with E-state index < -0.39 is 0 Å². The van der Waals surface area contributed by atoms with Gasteiger partial charge in [0.05, 0.1) is 26.0 Å². The number of hydrogen-bond donors (Lipinski definition) is 1. The SMILES string of the molecule is COc1ccc(OC)c(NC2CCOC(C(C)C)C2)c1. The molecule has 1 fully saturated rings. The van der Waals surface area contributed by atoms with E-state index in [2.05, 4.69) is 19.2 Å². The van der Waals surface area contributed by atoms with E-state index in [9.17, 15) is 0 Å². The first kappa shape index (κ1) is 15.0. The zero-order valence-electron chi connectivity index (χ0n) is 12.8. The zero-order valence-corrected chi connectivity index (χ0v) is 12.8. The molecule has 112 valence electrons. The molecule has 1 aromatic carbocycles. The highest BCUT2D eigenvalue weighted by molar-refractivity contribution is 5.60.